The number of hydrogen-bond acceptors (Lipinski definition) is 4. The molecule has 1 rings (SSSR count). The third-order valence-electron chi connectivity index (χ3n) is 1.85. The van der Waals surface area contributed by atoms with E-state index in [1.54, 1.807) is 7.11 Å². The number of nitrogens with one attached hydrogen (secondary N) is 1. The number of hydrogen-bond donors (Lipinski definition) is 2. The largest absolute Gasteiger partial charge is 0.395 e. The van der Waals surface area contributed by atoms with Crippen molar-refractivity contribution in [3.8, 4) is 0 Å². The van der Waals surface area contributed by atoms with E-state index in [9.17, 15) is 0 Å². The monoisotopic (exact) mass is 313 g/mol. The summed E-state index contributed by atoms with van der Waals surface area (Å²) < 4.78 is 6.62. The van der Waals surface area contributed by atoms with Gasteiger partial charge in [0.2, 0.25) is 0 Å². The van der Waals surface area contributed by atoms with Crippen molar-refractivity contribution < 1.29 is 9.84 Å². The van der Waals surface area contributed by atoms with Crippen LogP contribution in [0.4, 0.5) is 0 Å². The second kappa shape index (κ2) is 6.83. The highest BCUT2D eigenvalue weighted by molar-refractivity contribution is 9.10. The van der Waals surface area contributed by atoms with Gasteiger partial charge in [-0.15, -0.1) is 11.3 Å². The summed E-state index contributed by atoms with van der Waals surface area (Å²) in [4.78, 5) is 1.13. The Bertz CT molecular complexity index is 289. The number of rotatable bonds is 6. The highest BCUT2D eigenvalue weighted by atomic mass is 79.9. The first-order chi connectivity index (χ1) is 7.17. The maximum atomic E-state index is 9.02. The van der Waals surface area contributed by atoms with Gasteiger partial charge in [-0.1, -0.05) is 11.6 Å². The molecule has 1 atom stereocenters. The van der Waals surface area contributed by atoms with Crippen molar-refractivity contribution in [1.29, 1.82) is 0 Å². The van der Waals surface area contributed by atoms with Crippen LogP contribution >= 0.6 is 38.9 Å². The molecule has 0 aliphatic rings. The molecule has 86 valence electrons. The molecule has 0 saturated heterocycles. The van der Waals surface area contributed by atoms with Crippen LogP contribution in [0, 0.1) is 0 Å². The van der Waals surface area contributed by atoms with Crippen LogP contribution in [0.2, 0.25) is 4.34 Å². The predicted molar refractivity (Wildman–Crippen MR) is 66.6 cm³/mol. The van der Waals surface area contributed by atoms with Gasteiger partial charge >= 0.3 is 0 Å². The molecule has 15 heavy (non-hydrogen) atoms. The summed E-state index contributed by atoms with van der Waals surface area (Å²) in [6, 6.07) is 1.94. The van der Waals surface area contributed by atoms with Gasteiger partial charge in [0.05, 0.1) is 19.3 Å². The van der Waals surface area contributed by atoms with Crippen LogP contribution in [-0.2, 0) is 11.3 Å². The predicted octanol–water partition coefficient (Wildman–Crippen LogP) is 2.26. The minimum atomic E-state index is -0.0327. The Kier molecular flexibility index (Phi) is 6.11. The summed E-state index contributed by atoms with van der Waals surface area (Å²) in [5, 5.41) is 12.2. The normalized spacial score (nSPS) is 13.1. The summed E-state index contributed by atoms with van der Waals surface area (Å²) >= 11 is 10.8. The fourth-order valence-corrected chi connectivity index (χ4v) is 2.84. The fourth-order valence-electron chi connectivity index (χ4n) is 1.10. The maximum Gasteiger partial charge on any atom is 0.107 e. The number of ether oxygens (including phenoxy) is 1. The summed E-state index contributed by atoms with van der Waals surface area (Å²) in [6.45, 7) is 1.25. The van der Waals surface area contributed by atoms with Crippen molar-refractivity contribution in [1.82, 2.24) is 5.32 Å². The molecule has 1 heterocycles. The lowest BCUT2D eigenvalue weighted by molar-refractivity contribution is 0.128. The highest BCUT2D eigenvalue weighted by Gasteiger charge is 2.08. The van der Waals surface area contributed by atoms with Crippen LogP contribution in [0.3, 0.4) is 0 Å². The van der Waals surface area contributed by atoms with Gasteiger partial charge in [0.15, 0.2) is 0 Å². The minimum Gasteiger partial charge on any atom is -0.395 e. The van der Waals surface area contributed by atoms with Crippen molar-refractivity contribution in [2.75, 3.05) is 20.3 Å². The van der Waals surface area contributed by atoms with E-state index in [1.807, 2.05) is 6.07 Å². The number of methoxy groups -OCH3 is 1. The Morgan fingerprint density at radius 3 is 2.93 bits per heavy atom. The highest BCUT2D eigenvalue weighted by Crippen LogP contribution is 2.31. The number of aliphatic hydroxyl groups excluding tert-OH is 1. The van der Waals surface area contributed by atoms with E-state index in [2.05, 4.69) is 21.2 Å². The molecule has 0 aliphatic carbocycles. The smallest absolute Gasteiger partial charge is 0.107 e. The zero-order valence-corrected chi connectivity index (χ0v) is 11.5. The van der Waals surface area contributed by atoms with Gasteiger partial charge in [-0.05, 0) is 22.0 Å². The lowest BCUT2D eigenvalue weighted by Crippen LogP contribution is -2.35. The lowest BCUT2D eigenvalue weighted by atomic mass is 10.3. The van der Waals surface area contributed by atoms with Crippen molar-refractivity contribution in [2.45, 2.75) is 12.6 Å². The molecule has 0 aliphatic heterocycles. The Hall–Kier alpha value is 0.350. The summed E-state index contributed by atoms with van der Waals surface area (Å²) in [5.41, 5.74) is 0. The van der Waals surface area contributed by atoms with Gasteiger partial charge in [-0.2, -0.15) is 0 Å². The van der Waals surface area contributed by atoms with Gasteiger partial charge < -0.3 is 15.2 Å². The van der Waals surface area contributed by atoms with Crippen LogP contribution in [0.15, 0.2) is 10.5 Å². The number of aliphatic hydroxyl groups is 1. The molecule has 0 aromatic carbocycles. The van der Waals surface area contributed by atoms with Gasteiger partial charge in [0, 0.05) is 23.0 Å². The zero-order valence-electron chi connectivity index (χ0n) is 8.30. The van der Waals surface area contributed by atoms with Crippen LogP contribution in [0.25, 0.3) is 0 Å². The standard InChI is InChI=1S/C9H13BrClNO2S/c1-14-5-6(4-13)12-3-7-2-8(10)9(11)15-7/h2,6,12-13H,3-5H2,1H3. The first-order valence-electron chi connectivity index (χ1n) is 4.44. The Morgan fingerprint density at radius 2 is 2.47 bits per heavy atom. The summed E-state index contributed by atoms with van der Waals surface area (Å²) in [7, 11) is 1.61. The van der Waals surface area contributed by atoms with Crippen molar-refractivity contribution in [3.63, 3.8) is 0 Å². The summed E-state index contributed by atoms with van der Waals surface area (Å²) in [5.74, 6) is 0. The zero-order chi connectivity index (χ0) is 11.3. The first-order valence-corrected chi connectivity index (χ1v) is 6.43. The van der Waals surface area contributed by atoms with Crippen LogP contribution in [0.1, 0.15) is 4.88 Å². The van der Waals surface area contributed by atoms with E-state index in [0.29, 0.717) is 13.2 Å². The topological polar surface area (TPSA) is 41.5 Å². The third kappa shape index (κ3) is 4.38. The van der Waals surface area contributed by atoms with Crippen molar-refractivity contribution in [3.05, 3.63) is 19.8 Å². The average Bonchev–Trinajstić information content (AvgIpc) is 2.53. The van der Waals surface area contributed by atoms with Crippen LogP contribution < -0.4 is 5.32 Å². The van der Waals surface area contributed by atoms with Crippen molar-refractivity contribution >= 4 is 38.9 Å². The fraction of sp³-hybridized carbons (Fsp3) is 0.556. The van der Waals surface area contributed by atoms with E-state index < -0.39 is 0 Å². The van der Waals surface area contributed by atoms with E-state index in [1.165, 1.54) is 11.3 Å². The minimum absolute atomic E-state index is 0.0327. The molecule has 0 radical (unpaired) electrons. The molecule has 1 aromatic heterocycles. The molecular formula is C9H13BrClNO2S. The number of halogens is 2. The maximum absolute atomic E-state index is 9.02. The Morgan fingerprint density at radius 1 is 1.73 bits per heavy atom. The van der Waals surface area contributed by atoms with Gasteiger partial charge in [-0.3, -0.25) is 0 Å². The van der Waals surface area contributed by atoms with Gasteiger partial charge in [-0.25, -0.2) is 0 Å². The molecular weight excluding hydrogens is 302 g/mol. The van der Waals surface area contributed by atoms with E-state index >= 15 is 0 Å². The van der Waals surface area contributed by atoms with E-state index in [-0.39, 0.29) is 12.6 Å². The lowest BCUT2D eigenvalue weighted by Gasteiger charge is -2.14. The van der Waals surface area contributed by atoms with Gasteiger partial charge in [0.25, 0.3) is 0 Å². The Balaban J connectivity index is 2.41. The third-order valence-corrected chi connectivity index (χ3v) is 4.32. The molecule has 2 N–H and O–H groups in total. The van der Waals surface area contributed by atoms with Crippen LogP contribution in [0.5, 0.6) is 0 Å². The molecule has 1 aromatic rings. The molecule has 6 heteroatoms. The second-order valence-electron chi connectivity index (χ2n) is 3.05. The molecule has 0 spiro atoms. The molecule has 1 unspecified atom stereocenters. The van der Waals surface area contributed by atoms with E-state index in [0.717, 1.165) is 13.7 Å². The average molecular weight is 315 g/mol. The second-order valence-corrected chi connectivity index (χ2v) is 5.64. The summed E-state index contributed by atoms with van der Waals surface area (Å²) in [6.07, 6.45) is 0. The van der Waals surface area contributed by atoms with Crippen molar-refractivity contribution in [2.24, 2.45) is 0 Å². The number of thiophene rings is 1. The molecule has 0 bridgehead atoms. The van der Waals surface area contributed by atoms with E-state index in [4.69, 9.17) is 21.4 Å². The molecule has 0 amide bonds. The molecule has 0 saturated carbocycles. The van der Waals surface area contributed by atoms with Crippen LogP contribution in [-0.4, -0.2) is 31.5 Å². The molecule has 0 fully saturated rings. The molecule has 3 nitrogen and oxygen atoms in total. The first kappa shape index (κ1) is 13.4. The SMILES string of the molecule is COCC(CO)NCc1cc(Br)c(Cl)s1. The Labute approximate surface area is 107 Å². The quantitative estimate of drug-likeness (QED) is 0.846. The van der Waals surface area contributed by atoms with Gasteiger partial charge in [0.1, 0.15) is 4.34 Å².